The van der Waals surface area contributed by atoms with Crippen molar-refractivity contribution in [1.82, 2.24) is 9.55 Å². The lowest BCUT2D eigenvalue weighted by Gasteiger charge is -2.09. The van der Waals surface area contributed by atoms with E-state index in [1.165, 1.54) is 6.20 Å². The van der Waals surface area contributed by atoms with Crippen LogP contribution in [0.5, 0.6) is 0 Å². The number of sulfonamides is 1. The van der Waals surface area contributed by atoms with Crippen LogP contribution in [-0.2, 0) is 21.3 Å². The van der Waals surface area contributed by atoms with Gasteiger partial charge in [-0.2, -0.15) is 0 Å². The molecule has 0 aliphatic heterocycles. The van der Waals surface area contributed by atoms with E-state index in [2.05, 4.69) is 4.98 Å². The molecule has 6 nitrogen and oxygen atoms in total. The van der Waals surface area contributed by atoms with Crippen LogP contribution in [0, 0.1) is 0 Å². The van der Waals surface area contributed by atoms with Gasteiger partial charge in [-0.15, -0.1) is 0 Å². The number of rotatable bonds is 7. The van der Waals surface area contributed by atoms with Crippen molar-refractivity contribution < 1.29 is 13.2 Å². The lowest BCUT2D eigenvalue weighted by Crippen LogP contribution is -2.12. The summed E-state index contributed by atoms with van der Waals surface area (Å²) < 4.78 is 29.7. The summed E-state index contributed by atoms with van der Waals surface area (Å²) in [6.45, 7) is 7.77. The quantitative estimate of drug-likeness (QED) is 0.754. The van der Waals surface area contributed by atoms with E-state index < -0.39 is 10.0 Å². The van der Waals surface area contributed by atoms with Crippen LogP contribution in [0.3, 0.4) is 0 Å². The van der Waals surface area contributed by atoms with Crippen molar-refractivity contribution in [3.05, 3.63) is 12.0 Å². The molecule has 1 aromatic rings. The maximum atomic E-state index is 11.3. The summed E-state index contributed by atoms with van der Waals surface area (Å²) in [4.78, 5) is 4.07. The Morgan fingerprint density at radius 3 is 2.61 bits per heavy atom. The molecule has 0 unspecified atom stereocenters. The third-order valence-corrected chi connectivity index (χ3v) is 3.20. The second-order valence-corrected chi connectivity index (χ2v) is 5.95. The maximum Gasteiger partial charge on any atom is 0.257 e. The van der Waals surface area contributed by atoms with Crippen LogP contribution in [0.2, 0.25) is 0 Å². The smallest absolute Gasteiger partial charge is 0.257 e. The van der Waals surface area contributed by atoms with Gasteiger partial charge in [-0.1, -0.05) is 20.8 Å². The zero-order valence-corrected chi connectivity index (χ0v) is 11.9. The second-order valence-electron chi connectivity index (χ2n) is 4.44. The number of hydrogen-bond donors (Lipinski definition) is 1. The minimum Gasteiger partial charge on any atom is -0.380 e. The Labute approximate surface area is 108 Å². The molecule has 0 amide bonds. The highest BCUT2D eigenvalue weighted by atomic mass is 32.2. The van der Waals surface area contributed by atoms with Gasteiger partial charge in [0, 0.05) is 25.3 Å². The highest BCUT2D eigenvalue weighted by Crippen LogP contribution is 2.16. The van der Waals surface area contributed by atoms with Gasteiger partial charge >= 0.3 is 0 Å². The van der Waals surface area contributed by atoms with Gasteiger partial charge in [0.1, 0.15) is 5.82 Å². The van der Waals surface area contributed by atoms with Gasteiger partial charge in [0.05, 0.1) is 6.61 Å². The summed E-state index contributed by atoms with van der Waals surface area (Å²) in [5.74, 6) is 0.839. The highest BCUT2D eigenvalue weighted by molar-refractivity contribution is 7.89. The molecule has 0 bridgehead atoms. The summed E-state index contributed by atoms with van der Waals surface area (Å²) in [5, 5.41) is 5.00. The predicted molar refractivity (Wildman–Crippen MR) is 68.8 cm³/mol. The van der Waals surface area contributed by atoms with E-state index in [1.54, 1.807) is 4.57 Å². The van der Waals surface area contributed by atoms with Gasteiger partial charge in [-0.25, -0.2) is 18.5 Å². The molecule has 0 saturated carbocycles. The topological polar surface area (TPSA) is 87.2 Å². The summed E-state index contributed by atoms with van der Waals surface area (Å²) in [6, 6.07) is 0. The number of nitrogens with zero attached hydrogens (tertiary/aromatic N) is 2. The Bertz CT molecular complexity index is 480. The number of hydrogen-bond acceptors (Lipinski definition) is 4. The predicted octanol–water partition coefficient (Wildman–Crippen LogP) is 1.08. The highest BCUT2D eigenvalue weighted by Gasteiger charge is 2.17. The molecule has 1 aromatic heterocycles. The minimum absolute atomic E-state index is 0.0818. The Hall–Kier alpha value is -0.920. The maximum absolute atomic E-state index is 11.3. The largest absolute Gasteiger partial charge is 0.380 e. The SMILES string of the molecule is CCCOCCn1cc(S(N)(=O)=O)nc1C(C)C. The molecule has 18 heavy (non-hydrogen) atoms. The van der Waals surface area contributed by atoms with E-state index in [4.69, 9.17) is 9.88 Å². The number of aromatic nitrogens is 2. The lowest BCUT2D eigenvalue weighted by atomic mass is 10.2. The summed E-state index contributed by atoms with van der Waals surface area (Å²) in [7, 11) is -3.75. The third-order valence-electron chi connectivity index (χ3n) is 2.42. The number of nitrogens with two attached hydrogens (primary N) is 1. The molecular weight excluding hydrogens is 254 g/mol. The molecule has 0 saturated heterocycles. The first-order valence-electron chi connectivity index (χ1n) is 6.03. The standard InChI is InChI=1S/C11H21N3O3S/c1-4-6-17-7-5-14-8-10(18(12,15)16)13-11(14)9(2)3/h8-9H,4-7H2,1-3H3,(H2,12,15,16). The third kappa shape index (κ3) is 4.08. The average Bonchev–Trinajstić information content (AvgIpc) is 2.68. The molecule has 2 N–H and O–H groups in total. The summed E-state index contributed by atoms with van der Waals surface area (Å²) in [6.07, 6.45) is 2.43. The van der Waals surface area contributed by atoms with Gasteiger partial charge in [-0.05, 0) is 6.42 Å². The van der Waals surface area contributed by atoms with Gasteiger partial charge in [0.15, 0.2) is 5.03 Å². The molecule has 0 atom stereocenters. The molecule has 104 valence electrons. The Kier molecular flexibility index (Phi) is 5.30. The van der Waals surface area contributed by atoms with Crippen LogP contribution >= 0.6 is 0 Å². The van der Waals surface area contributed by atoms with Crippen LogP contribution in [0.15, 0.2) is 11.2 Å². The van der Waals surface area contributed by atoms with Crippen molar-refractivity contribution in [2.45, 2.75) is 44.7 Å². The van der Waals surface area contributed by atoms with Crippen LogP contribution in [0.4, 0.5) is 0 Å². The first-order valence-corrected chi connectivity index (χ1v) is 7.58. The Morgan fingerprint density at radius 2 is 2.11 bits per heavy atom. The van der Waals surface area contributed by atoms with E-state index in [0.29, 0.717) is 25.6 Å². The van der Waals surface area contributed by atoms with Crippen LogP contribution < -0.4 is 5.14 Å². The fourth-order valence-corrected chi connectivity index (χ4v) is 2.09. The molecule has 7 heteroatoms. The van der Waals surface area contributed by atoms with E-state index in [1.807, 2.05) is 20.8 Å². The molecule has 1 rings (SSSR count). The molecule has 1 heterocycles. The van der Waals surface area contributed by atoms with E-state index >= 15 is 0 Å². The average molecular weight is 275 g/mol. The molecular formula is C11H21N3O3S. The van der Waals surface area contributed by atoms with Crippen molar-refractivity contribution in [3.63, 3.8) is 0 Å². The van der Waals surface area contributed by atoms with Crippen LogP contribution in [-0.4, -0.2) is 31.2 Å². The van der Waals surface area contributed by atoms with Gasteiger partial charge in [0.2, 0.25) is 0 Å². The normalized spacial score (nSPS) is 12.3. The molecule has 0 aliphatic rings. The van der Waals surface area contributed by atoms with E-state index in [9.17, 15) is 8.42 Å². The Morgan fingerprint density at radius 1 is 1.44 bits per heavy atom. The zero-order chi connectivity index (χ0) is 13.8. The van der Waals surface area contributed by atoms with Crippen molar-refractivity contribution >= 4 is 10.0 Å². The number of primary sulfonamides is 1. The van der Waals surface area contributed by atoms with E-state index in [-0.39, 0.29) is 10.9 Å². The molecule has 0 radical (unpaired) electrons. The molecule has 0 spiro atoms. The van der Waals surface area contributed by atoms with Gasteiger partial charge < -0.3 is 9.30 Å². The first kappa shape index (κ1) is 15.1. The monoisotopic (exact) mass is 275 g/mol. The van der Waals surface area contributed by atoms with Crippen molar-refractivity contribution in [1.29, 1.82) is 0 Å². The zero-order valence-electron chi connectivity index (χ0n) is 11.1. The number of imidazole rings is 1. The van der Waals surface area contributed by atoms with Gasteiger partial charge in [-0.3, -0.25) is 0 Å². The summed E-state index contributed by atoms with van der Waals surface area (Å²) >= 11 is 0. The van der Waals surface area contributed by atoms with Crippen LogP contribution in [0.1, 0.15) is 38.9 Å². The number of ether oxygens (including phenoxy) is 1. The van der Waals surface area contributed by atoms with Gasteiger partial charge in [0.25, 0.3) is 10.0 Å². The fourth-order valence-electron chi connectivity index (χ4n) is 1.59. The van der Waals surface area contributed by atoms with E-state index in [0.717, 1.165) is 6.42 Å². The first-order chi connectivity index (χ1) is 8.36. The van der Waals surface area contributed by atoms with Crippen molar-refractivity contribution in [2.75, 3.05) is 13.2 Å². The molecule has 0 aliphatic carbocycles. The van der Waals surface area contributed by atoms with Crippen molar-refractivity contribution in [2.24, 2.45) is 5.14 Å². The van der Waals surface area contributed by atoms with Crippen molar-refractivity contribution in [3.8, 4) is 0 Å². The second kappa shape index (κ2) is 6.31. The van der Waals surface area contributed by atoms with Crippen LogP contribution in [0.25, 0.3) is 0 Å². The fraction of sp³-hybridized carbons (Fsp3) is 0.727. The summed E-state index contributed by atoms with van der Waals surface area (Å²) in [5.41, 5.74) is 0. The molecule has 0 fully saturated rings. The molecule has 0 aromatic carbocycles. The minimum atomic E-state index is -3.75. The lowest BCUT2D eigenvalue weighted by molar-refractivity contribution is 0.126. The Balaban J connectivity index is 2.85.